The number of anilines is 1. The van der Waals surface area contributed by atoms with Crippen molar-refractivity contribution < 1.29 is 22.4 Å². The van der Waals surface area contributed by atoms with Crippen LogP contribution >= 0.6 is 0 Å². The van der Waals surface area contributed by atoms with Crippen molar-refractivity contribution in [2.24, 2.45) is 0 Å². The summed E-state index contributed by atoms with van der Waals surface area (Å²) in [6, 6.07) is 15.4. The van der Waals surface area contributed by atoms with Gasteiger partial charge in [0.2, 0.25) is 10.0 Å². The van der Waals surface area contributed by atoms with Gasteiger partial charge in [0.15, 0.2) is 5.76 Å². The highest BCUT2D eigenvalue weighted by atomic mass is 32.2. The summed E-state index contributed by atoms with van der Waals surface area (Å²) in [7, 11) is -3.48. The molecule has 0 saturated carbocycles. The average Bonchev–Trinajstić information content (AvgIpc) is 3.47. The van der Waals surface area contributed by atoms with Gasteiger partial charge in [-0.3, -0.25) is 4.79 Å². The van der Waals surface area contributed by atoms with Crippen LogP contribution in [0.5, 0.6) is 5.75 Å². The zero-order valence-electron chi connectivity index (χ0n) is 18.1. The molecule has 0 bridgehead atoms. The minimum Gasteiger partial charge on any atom is -0.485 e. The van der Waals surface area contributed by atoms with E-state index < -0.39 is 15.9 Å². The molecule has 1 fully saturated rings. The van der Waals surface area contributed by atoms with Crippen LogP contribution < -0.4 is 10.1 Å². The van der Waals surface area contributed by atoms with Gasteiger partial charge in [0, 0.05) is 18.8 Å². The number of sulfonamides is 1. The Morgan fingerprint density at radius 2 is 1.75 bits per heavy atom. The van der Waals surface area contributed by atoms with Crippen LogP contribution in [0.1, 0.15) is 40.3 Å². The summed E-state index contributed by atoms with van der Waals surface area (Å²) in [5.41, 5.74) is 2.61. The zero-order chi connectivity index (χ0) is 22.7. The third-order valence-corrected chi connectivity index (χ3v) is 7.33. The normalized spacial score (nSPS) is 14.4. The molecule has 0 atom stereocenters. The molecule has 2 aromatic carbocycles. The zero-order valence-corrected chi connectivity index (χ0v) is 18.9. The lowest BCUT2D eigenvalue weighted by atomic mass is 10.1. The number of nitrogens with zero attached hydrogens (tertiary/aromatic N) is 1. The van der Waals surface area contributed by atoms with E-state index in [4.69, 9.17) is 9.15 Å². The quantitative estimate of drug-likeness (QED) is 0.567. The molecule has 3 aromatic rings. The maximum atomic E-state index is 12.6. The van der Waals surface area contributed by atoms with Crippen LogP contribution in [0.2, 0.25) is 0 Å². The van der Waals surface area contributed by atoms with Crippen molar-refractivity contribution in [1.29, 1.82) is 0 Å². The molecule has 7 nitrogen and oxygen atoms in total. The van der Waals surface area contributed by atoms with Gasteiger partial charge < -0.3 is 14.5 Å². The SMILES string of the molecule is Cc1ccc(C)c(OCc2ccc(C(=O)Nc3ccc(S(=O)(=O)N4CCCC4)cc3)o2)c1. The van der Waals surface area contributed by atoms with E-state index in [1.54, 1.807) is 24.3 Å². The van der Waals surface area contributed by atoms with Crippen molar-refractivity contribution in [1.82, 2.24) is 4.31 Å². The van der Waals surface area contributed by atoms with Crippen LogP contribution in [0.15, 0.2) is 63.9 Å². The lowest BCUT2D eigenvalue weighted by Gasteiger charge is -2.15. The van der Waals surface area contributed by atoms with E-state index in [0.29, 0.717) is 24.5 Å². The first-order chi connectivity index (χ1) is 15.3. The van der Waals surface area contributed by atoms with Gasteiger partial charge >= 0.3 is 0 Å². The van der Waals surface area contributed by atoms with Gasteiger partial charge in [-0.15, -0.1) is 0 Å². The van der Waals surface area contributed by atoms with E-state index in [-0.39, 0.29) is 17.3 Å². The van der Waals surface area contributed by atoms with Crippen molar-refractivity contribution in [2.75, 3.05) is 18.4 Å². The third-order valence-electron chi connectivity index (χ3n) is 5.41. The minimum absolute atomic E-state index is 0.151. The number of benzene rings is 2. The number of aryl methyl sites for hydroxylation is 2. The molecule has 0 aliphatic carbocycles. The molecule has 1 amide bonds. The van der Waals surface area contributed by atoms with Crippen molar-refractivity contribution >= 4 is 21.6 Å². The first-order valence-corrected chi connectivity index (χ1v) is 12.0. The average molecular weight is 455 g/mol. The van der Waals surface area contributed by atoms with Crippen molar-refractivity contribution in [3.63, 3.8) is 0 Å². The maximum Gasteiger partial charge on any atom is 0.291 e. The monoisotopic (exact) mass is 454 g/mol. The minimum atomic E-state index is -3.48. The van der Waals surface area contributed by atoms with Gasteiger partial charge in [0.1, 0.15) is 18.1 Å². The maximum absolute atomic E-state index is 12.6. The summed E-state index contributed by atoms with van der Waals surface area (Å²) in [5.74, 6) is 1.04. The number of nitrogens with one attached hydrogen (secondary N) is 1. The van der Waals surface area contributed by atoms with Gasteiger partial charge in [-0.1, -0.05) is 12.1 Å². The van der Waals surface area contributed by atoms with E-state index >= 15 is 0 Å². The van der Waals surface area contributed by atoms with Crippen molar-refractivity contribution in [2.45, 2.75) is 38.2 Å². The molecule has 1 aromatic heterocycles. The highest BCUT2D eigenvalue weighted by Gasteiger charge is 2.27. The number of rotatable bonds is 7. The van der Waals surface area contributed by atoms with Crippen LogP contribution in [0.4, 0.5) is 5.69 Å². The lowest BCUT2D eigenvalue weighted by molar-refractivity contribution is 0.0992. The van der Waals surface area contributed by atoms with E-state index in [9.17, 15) is 13.2 Å². The summed E-state index contributed by atoms with van der Waals surface area (Å²) in [5, 5.41) is 2.73. The van der Waals surface area contributed by atoms with Crippen LogP contribution in [0.25, 0.3) is 0 Å². The lowest BCUT2D eigenvalue weighted by Crippen LogP contribution is -2.27. The van der Waals surface area contributed by atoms with E-state index in [1.807, 2.05) is 32.0 Å². The number of ether oxygens (including phenoxy) is 1. The molecule has 32 heavy (non-hydrogen) atoms. The molecule has 0 spiro atoms. The molecule has 2 heterocycles. The Kier molecular flexibility index (Phi) is 6.34. The Morgan fingerprint density at radius 3 is 2.47 bits per heavy atom. The molecule has 168 valence electrons. The van der Waals surface area contributed by atoms with Gasteiger partial charge in [-0.25, -0.2) is 8.42 Å². The Hall–Kier alpha value is -3.10. The second-order valence-electron chi connectivity index (χ2n) is 7.91. The third kappa shape index (κ3) is 4.87. The molecule has 1 N–H and O–H groups in total. The molecule has 1 saturated heterocycles. The molecule has 4 rings (SSSR count). The fourth-order valence-corrected chi connectivity index (χ4v) is 5.09. The fourth-order valence-electron chi connectivity index (χ4n) is 3.57. The topological polar surface area (TPSA) is 88.8 Å². The smallest absolute Gasteiger partial charge is 0.291 e. The number of hydrogen-bond donors (Lipinski definition) is 1. The Bertz CT molecular complexity index is 1210. The Morgan fingerprint density at radius 1 is 1.03 bits per heavy atom. The summed E-state index contributed by atoms with van der Waals surface area (Å²) < 4.78 is 38.1. The number of amides is 1. The predicted molar refractivity (Wildman–Crippen MR) is 121 cm³/mol. The number of furan rings is 1. The number of hydrogen-bond acceptors (Lipinski definition) is 5. The second kappa shape index (κ2) is 9.18. The fraction of sp³-hybridized carbons (Fsp3) is 0.292. The van der Waals surface area contributed by atoms with Gasteiger partial charge in [0.25, 0.3) is 5.91 Å². The Balaban J connectivity index is 1.37. The number of carbonyl (C=O) groups is 1. The Labute approximate surface area is 188 Å². The van der Waals surface area contributed by atoms with Crippen LogP contribution in [-0.2, 0) is 16.6 Å². The molecular formula is C24H26N2O5S. The molecule has 1 aliphatic rings. The standard InChI is InChI=1S/C24H26N2O5S/c1-17-5-6-18(2)23(15-17)30-16-20-9-12-22(31-20)24(27)25-19-7-10-21(11-8-19)32(28,29)26-13-3-4-14-26/h5-12,15H,3-4,13-14,16H2,1-2H3,(H,25,27). The summed E-state index contributed by atoms with van der Waals surface area (Å²) in [6.07, 6.45) is 1.77. The van der Waals surface area contributed by atoms with Crippen LogP contribution in [-0.4, -0.2) is 31.7 Å². The predicted octanol–water partition coefficient (Wildman–Crippen LogP) is 4.51. The second-order valence-corrected chi connectivity index (χ2v) is 9.85. The number of carbonyl (C=O) groups excluding carboxylic acids is 1. The van der Waals surface area contributed by atoms with Gasteiger partial charge in [-0.05, 0) is 80.3 Å². The van der Waals surface area contributed by atoms with Gasteiger partial charge in [0.05, 0.1) is 4.90 Å². The van der Waals surface area contributed by atoms with Crippen LogP contribution in [0.3, 0.4) is 0 Å². The molecule has 0 unspecified atom stereocenters. The first kappa shape index (κ1) is 22.1. The van der Waals surface area contributed by atoms with E-state index in [0.717, 1.165) is 29.7 Å². The summed E-state index contributed by atoms with van der Waals surface area (Å²) in [6.45, 7) is 5.28. The van der Waals surface area contributed by atoms with Crippen LogP contribution in [0, 0.1) is 13.8 Å². The molecule has 1 aliphatic heterocycles. The molecule has 0 radical (unpaired) electrons. The molecular weight excluding hydrogens is 428 g/mol. The summed E-state index contributed by atoms with van der Waals surface area (Å²) in [4.78, 5) is 12.7. The van der Waals surface area contributed by atoms with Gasteiger partial charge in [-0.2, -0.15) is 4.31 Å². The van der Waals surface area contributed by atoms with E-state index in [2.05, 4.69) is 5.32 Å². The summed E-state index contributed by atoms with van der Waals surface area (Å²) >= 11 is 0. The van der Waals surface area contributed by atoms with E-state index in [1.165, 1.54) is 16.4 Å². The molecule has 8 heteroatoms. The first-order valence-electron chi connectivity index (χ1n) is 10.5. The van der Waals surface area contributed by atoms with Crippen molar-refractivity contribution in [3.05, 3.63) is 77.2 Å². The van der Waals surface area contributed by atoms with Crippen molar-refractivity contribution in [3.8, 4) is 5.75 Å². The highest BCUT2D eigenvalue weighted by Crippen LogP contribution is 2.23. The highest BCUT2D eigenvalue weighted by molar-refractivity contribution is 7.89. The largest absolute Gasteiger partial charge is 0.485 e.